The second-order valence-corrected chi connectivity index (χ2v) is 22.5. The second kappa shape index (κ2) is 40.3. The fourth-order valence-electron chi connectivity index (χ4n) is 10.1. The number of hydrogen-bond acceptors (Lipinski definition) is 7. The zero-order valence-corrected chi connectivity index (χ0v) is 63.3. The van der Waals surface area contributed by atoms with Crippen molar-refractivity contribution in [3.05, 3.63) is 354 Å². The van der Waals surface area contributed by atoms with Gasteiger partial charge in [0.05, 0.1) is 12.6 Å². The van der Waals surface area contributed by atoms with Crippen LogP contribution in [-0.2, 0) is 65.1 Å². The van der Waals surface area contributed by atoms with Gasteiger partial charge < -0.3 is 30.0 Å². The van der Waals surface area contributed by atoms with Crippen molar-refractivity contribution in [1.29, 1.82) is 0 Å². The van der Waals surface area contributed by atoms with Gasteiger partial charge in [-0.3, -0.25) is 4.79 Å². The van der Waals surface area contributed by atoms with Gasteiger partial charge in [-0.25, -0.2) is 0 Å². The summed E-state index contributed by atoms with van der Waals surface area (Å²) in [5.41, 5.74) is 26.0. The maximum absolute atomic E-state index is 10.0. The topological polar surface area (TPSA) is 102 Å². The van der Waals surface area contributed by atoms with Gasteiger partial charge in [0.2, 0.25) is 0 Å². The van der Waals surface area contributed by atoms with Crippen LogP contribution in [0.3, 0.4) is 0 Å². The van der Waals surface area contributed by atoms with Crippen molar-refractivity contribution >= 4 is 5.78 Å². The number of aromatic nitrogens is 5. The van der Waals surface area contributed by atoms with Crippen LogP contribution in [0.5, 0.6) is 0 Å². The third-order valence-electron chi connectivity index (χ3n) is 14.2. The zero-order chi connectivity index (χ0) is 71.1. The molecule has 5 aromatic heterocycles. The van der Waals surface area contributed by atoms with Crippen LogP contribution in [0.1, 0.15) is 70.8 Å². The van der Waals surface area contributed by atoms with E-state index in [0.29, 0.717) is 11.3 Å². The smallest absolute Gasteiger partial charge is 0.155 e. The van der Waals surface area contributed by atoms with Gasteiger partial charge in [-0.2, -0.15) is 0 Å². The summed E-state index contributed by atoms with van der Waals surface area (Å²) >= 11 is 0. The van der Waals surface area contributed by atoms with Crippen LogP contribution in [0.4, 0.5) is 0 Å². The molecular formula is C87H78Ir3N5O2-5. The van der Waals surface area contributed by atoms with Crippen LogP contribution in [0, 0.1) is 92.6 Å². The molecule has 0 aliphatic carbocycles. The predicted molar refractivity (Wildman–Crippen MR) is 389 cm³/mol. The fourth-order valence-corrected chi connectivity index (χ4v) is 10.1. The van der Waals surface area contributed by atoms with Gasteiger partial charge in [0.15, 0.2) is 5.78 Å². The van der Waals surface area contributed by atoms with Crippen molar-refractivity contribution in [2.24, 2.45) is 0 Å². The van der Waals surface area contributed by atoms with Gasteiger partial charge in [-0.1, -0.05) is 186 Å². The zero-order valence-electron chi connectivity index (χ0n) is 61.1. The van der Waals surface area contributed by atoms with Crippen LogP contribution >= 0.6 is 0 Å². The van der Waals surface area contributed by atoms with Crippen molar-refractivity contribution in [3.63, 3.8) is 0 Å². The number of carbonyl (C=O) groups excluding carboxylic acids is 1. The Morgan fingerprint density at radius 1 is 0.392 bits per heavy atom. The number of benzene rings is 8. The van der Waals surface area contributed by atoms with E-state index in [1.807, 2.05) is 104 Å². The summed E-state index contributed by atoms with van der Waals surface area (Å²) in [6.45, 7) is 21.6. The molecule has 13 rings (SSSR count). The van der Waals surface area contributed by atoms with Gasteiger partial charge in [0.25, 0.3) is 0 Å². The summed E-state index contributed by atoms with van der Waals surface area (Å²) in [5, 5.41) is 8.36. The second-order valence-electron chi connectivity index (χ2n) is 22.5. The third-order valence-corrected chi connectivity index (χ3v) is 14.2. The van der Waals surface area contributed by atoms with E-state index in [4.69, 9.17) is 12.0 Å². The molecule has 8 aromatic carbocycles. The Morgan fingerprint density at radius 2 is 0.825 bits per heavy atom. The van der Waals surface area contributed by atoms with Gasteiger partial charge >= 0.3 is 0 Å². The number of allylic oxidation sites excluding steroid dienone is 2. The van der Waals surface area contributed by atoms with E-state index in [2.05, 4.69) is 221 Å². The van der Waals surface area contributed by atoms with E-state index in [1.54, 1.807) is 18.2 Å². The largest absolute Gasteiger partial charge is 0.512 e. The molecule has 0 fully saturated rings. The van der Waals surface area contributed by atoms with Crippen molar-refractivity contribution in [1.82, 2.24) is 24.9 Å². The molecule has 0 aliphatic rings. The molecule has 13 aromatic rings. The van der Waals surface area contributed by atoms with Crippen LogP contribution in [0.15, 0.2) is 273 Å². The van der Waals surface area contributed by atoms with Gasteiger partial charge in [0.1, 0.15) is 0 Å². The molecule has 0 spiro atoms. The first-order valence-electron chi connectivity index (χ1n) is 33.3. The molecule has 0 aliphatic heterocycles. The summed E-state index contributed by atoms with van der Waals surface area (Å²) < 4.78 is 39.1. The van der Waals surface area contributed by atoms with E-state index in [9.17, 15) is 4.79 Å². The normalized spacial score (nSPS) is 10.8. The number of hydrogen-bond donors (Lipinski definition) is 1. The van der Waals surface area contributed by atoms with Gasteiger partial charge in [0, 0.05) is 103 Å². The molecule has 1 N–H and O–H groups in total. The summed E-state index contributed by atoms with van der Waals surface area (Å²) in [7, 11) is 0. The van der Waals surface area contributed by atoms with E-state index < -0.39 is 6.04 Å². The summed E-state index contributed by atoms with van der Waals surface area (Å²) in [5.74, 6) is -0.0625. The Bertz CT molecular complexity index is 4780. The molecule has 0 unspecified atom stereocenters. The molecular weight excluding hydrogens is 1720 g/mol. The molecule has 7 nitrogen and oxygen atoms in total. The number of aryl methyl sites for hydroxylation is 9. The monoisotopic (exact) mass is 1810 g/mol. The first kappa shape index (κ1) is 70.5. The average molecular weight is 1810 g/mol. The quantitative estimate of drug-likeness (QED) is 0.0872. The number of aliphatic hydroxyl groups excluding tert-OH is 1. The molecule has 97 heavy (non-hydrogen) atoms. The Hall–Kier alpha value is -9.33. The minimum absolute atomic E-state index is 0. The van der Waals surface area contributed by atoms with Crippen LogP contribution < -0.4 is 0 Å². The van der Waals surface area contributed by atoms with Crippen molar-refractivity contribution < 1.29 is 77.1 Å². The molecule has 3 radical (unpaired) electrons. The molecule has 495 valence electrons. The number of nitrogens with zero attached hydrogens (tertiary/aromatic N) is 5. The van der Waals surface area contributed by atoms with Gasteiger partial charge in [-0.05, 0) is 109 Å². The van der Waals surface area contributed by atoms with Crippen LogP contribution in [0.25, 0.3) is 89.7 Å². The molecule has 5 heterocycles. The molecule has 10 heteroatoms. The Labute approximate surface area is 622 Å². The Kier molecular flexibility index (Phi) is 29.3. The molecule has 0 saturated carbocycles. The Balaban J connectivity index is 0.000000225. The Morgan fingerprint density at radius 3 is 1.26 bits per heavy atom. The number of aliphatic hydroxyl groups is 1. The van der Waals surface area contributed by atoms with Crippen molar-refractivity contribution in [3.8, 4) is 89.7 Å². The van der Waals surface area contributed by atoms with E-state index >= 15 is 0 Å². The van der Waals surface area contributed by atoms with Crippen LogP contribution in [0.2, 0.25) is 0 Å². The average Bonchev–Trinajstić information content (AvgIpc) is 0.778. The fraction of sp³-hybridized carbons (Fsp3) is 0.126. The van der Waals surface area contributed by atoms with E-state index in [0.717, 1.165) is 72.8 Å². The SMILES string of the molecule is CC(=O)C=C(C)O.Cc1[c-]c(-c2cc(C)c(-c3ccccc3)cn2)cc(C)c1.Cc1[c-]c(-c2ccc(-c3ccccc3)cn2)cc(C)c1.Cc1[c-]c(-c2ncccc2C)cc(C)c1.Cc1cccnc1-c1[c-]cccc1.[2H]c1c([2H])c([2H])c(-c2ccc(-c3[c-]cccc3)nc2)c([2H])c1[2H].[Ir].[Ir].[Ir]. The first-order chi connectivity index (χ1) is 47.5. The third kappa shape index (κ3) is 25.0. The maximum Gasteiger partial charge on any atom is 0.155 e. The molecule has 0 bridgehead atoms. The summed E-state index contributed by atoms with van der Waals surface area (Å²) in [6.07, 6.45) is 10.2. The number of pyridine rings is 5. The van der Waals surface area contributed by atoms with Crippen molar-refractivity contribution in [2.45, 2.75) is 76.2 Å². The van der Waals surface area contributed by atoms with Crippen molar-refractivity contribution in [2.75, 3.05) is 0 Å². The van der Waals surface area contributed by atoms with E-state index in [-0.39, 0.29) is 102 Å². The molecule has 0 atom stereocenters. The van der Waals surface area contributed by atoms with E-state index in [1.165, 1.54) is 76.2 Å². The summed E-state index contributed by atoms with van der Waals surface area (Å²) in [4.78, 5) is 32.3. The number of ketones is 1. The number of carbonyl (C=O) groups is 1. The standard InChI is InChI=1S/C20H18N.C19H16N.C17H12N.C14H14N.C12H10N.C5H8O2.3Ir/c1-14-9-15(2)11-18(10-14)20-12-16(3)19(13-21-20)17-7-5-4-6-8-17;1-14-10-15(2)12-18(11-14)19-9-8-17(13-20-19)16-6-4-3-5-7-16;1-3-7-14(8-4-1)16-11-12-17(18-13-16)15-9-5-2-6-10-15;1-10-7-11(2)9-13(8-10)14-12(3)5-4-6-15-14;1-10-6-5-9-13-12(10)11-7-3-2-4-8-11;1-4(6)3-5(2)7;;;/h4-10,12-13H,1-3H3;3-11,13H,1-2H3;1-9,11-13H;4-8H,1-3H3;2-7,9H,1H3;3,6H,1-2H3;;;/q5*-1;;;;/i;;1D,3D,4D,7D,8D;;;;;;. The predicted octanol–water partition coefficient (Wildman–Crippen LogP) is 21.6. The molecule has 0 amide bonds. The minimum atomic E-state index is -0.396. The number of rotatable bonds is 9. The van der Waals surface area contributed by atoms with Crippen LogP contribution in [-0.4, -0.2) is 35.8 Å². The van der Waals surface area contributed by atoms with Gasteiger partial charge in [-0.15, -0.1) is 176 Å². The molecule has 0 saturated heterocycles. The summed E-state index contributed by atoms with van der Waals surface area (Å²) in [6, 6.07) is 81.4. The minimum Gasteiger partial charge on any atom is -0.512 e. The maximum atomic E-state index is 10.0. The first-order valence-corrected chi connectivity index (χ1v) is 30.8.